The summed E-state index contributed by atoms with van der Waals surface area (Å²) in [5.74, 6) is -0.239. The summed E-state index contributed by atoms with van der Waals surface area (Å²) in [6.07, 6.45) is 1.63. The first-order chi connectivity index (χ1) is 17.4. The third-order valence-corrected chi connectivity index (χ3v) is 5.60. The monoisotopic (exact) mass is 505 g/mol. The fourth-order valence-electron chi connectivity index (χ4n) is 3.57. The van der Waals surface area contributed by atoms with E-state index in [2.05, 4.69) is 10.6 Å². The molecular weight excluding hydrogens is 481 g/mol. The first kappa shape index (κ1) is 24.9. The van der Waals surface area contributed by atoms with Crippen LogP contribution in [0.3, 0.4) is 0 Å². The molecule has 9 heteroatoms. The van der Waals surface area contributed by atoms with Crippen LogP contribution in [0.1, 0.15) is 18.1 Å². The summed E-state index contributed by atoms with van der Waals surface area (Å²) in [7, 11) is 0. The number of para-hydroxylation sites is 1. The smallest absolute Gasteiger partial charge is 0.281 e. The second-order valence-electron chi connectivity index (χ2n) is 7.90. The summed E-state index contributed by atoms with van der Waals surface area (Å²) < 4.78 is 24.7. The molecule has 1 aliphatic rings. The van der Waals surface area contributed by atoms with E-state index >= 15 is 0 Å². The lowest BCUT2D eigenvalue weighted by molar-refractivity contribution is -0.118. The predicted molar refractivity (Wildman–Crippen MR) is 141 cm³/mol. The van der Waals surface area contributed by atoms with E-state index in [-0.39, 0.29) is 29.2 Å². The Kier molecular flexibility index (Phi) is 7.60. The molecule has 2 amide bonds. The Labute approximate surface area is 213 Å². The van der Waals surface area contributed by atoms with E-state index in [4.69, 9.17) is 21.7 Å². The van der Waals surface area contributed by atoms with E-state index in [0.29, 0.717) is 29.4 Å². The Morgan fingerprint density at radius 3 is 2.56 bits per heavy atom. The lowest BCUT2D eigenvalue weighted by Crippen LogP contribution is -2.30. The van der Waals surface area contributed by atoms with E-state index < -0.39 is 5.82 Å². The first-order valence-corrected chi connectivity index (χ1v) is 11.6. The number of rotatable bonds is 8. The minimum absolute atomic E-state index is 0.197. The SMILES string of the molecule is CCOc1cc(/C=C2/NC(=S)N(c3ccc(F)cc3)C2=O)ccc1OCC(=O)Nc1ccccc1C. The van der Waals surface area contributed by atoms with Gasteiger partial charge in [0.1, 0.15) is 11.5 Å². The highest BCUT2D eigenvalue weighted by molar-refractivity contribution is 7.80. The predicted octanol–water partition coefficient (Wildman–Crippen LogP) is 4.81. The molecular formula is C27H24FN3O4S. The Morgan fingerprint density at radius 2 is 1.83 bits per heavy atom. The van der Waals surface area contributed by atoms with Gasteiger partial charge in [0.25, 0.3) is 11.8 Å². The van der Waals surface area contributed by atoms with Crippen molar-refractivity contribution in [1.82, 2.24) is 5.32 Å². The van der Waals surface area contributed by atoms with Crippen molar-refractivity contribution in [3.63, 3.8) is 0 Å². The lowest BCUT2D eigenvalue weighted by Gasteiger charge is -2.14. The molecule has 1 saturated heterocycles. The molecule has 3 aromatic rings. The molecule has 0 atom stereocenters. The molecule has 0 aliphatic carbocycles. The third kappa shape index (κ3) is 5.69. The molecule has 2 N–H and O–H groups in total. The number of hydrogen-bond donors (Lipinski definition) is 2. The van der Waals surface area contributed by atoms with Gasteiger partial charge in [-0.25, -0.2) is 4.39 Å². The quantitative estimate of drug-likeness (QED) is 0.338. The highest BCUT2D eigenvalue weighted by Crippen LogP contribution is 2.30. The fourth-order valence-corrected chi connectivity index (χ4v) is 3.87. The molecule has 4 rings (SSSR count). The van der Waals surface area contributed by atoms with Gasteiger partial charge in [-0.05, 0) is 85.7 Å². The Morgan fingerprint density at radius 1 is 1.08 bits per heavy atom. The molecule has 36 heavy (non-hydrogen) atoms. The minimum atomic E-state index is -0.404. The molecule has 3 aromatic carbocycles. The Bertz CT molecular complexity index is 1340. The number of carbonyl (C=O) groups excluding carboxylic acids is 2. The van der Waals surface area contributed by atoms with Crippen molar-refractivity contribution in [2.24, 2.45) is 0 Å². The van der Waals surface area contributed by atoms with Gasteiger partial charge in [-0.1, -0.05) is 24.3 Å². The molecule has 0 radical (unpaired) electrons. The summed E-state index contributed by atoms with van der Waals surface area (Å²) in [5.41, 5.74) is 3.06. The van der Waals surface area contributed by atoms with Crippen LogP contribution in [-0.4, -0.2) is 30.1 Å². The summed E-state index contributed by atoms with van der Waals surface area (Å²) >= 11 is 5.30. The fraction of sp³-hybridized carbons (Fsp3) is 0.148. The van der Waals surface area contributed by atoms with Crippen LogP contribution in [0, 0.1) is 12.7 Å². The first-order valence-electron chi connectivity index (χ1n) is 11.2. The van der Waals surface area contributed by atoms with Crippen molar-refractivity contribution < 1.29 is 23.5 Å². The molecule has 0 bridgehead atoms. The van der Waals surface area contributed by atoms with Gasteiger partial charge in [0.05, 0.1) is 12.3 Å². The average Bonchev–Trinajstić information content (AvgIpc) is 3.13. The largest absolute Gasteiger partial charge is 0.490 e. The van der Waals surface area contributed by atoms with E-state index in [9.17, 15) is 14.0 Å². The maximum Gasteiger partial charge on any atom is 0.281 e. The number of anilines is 2. The summed E-state index contributed by atoms with van der Waals surface area (Å²) in [6, 6.07) is 18.1. The molecule has 0 aromatic heterocycles. The molecule has 0 saturated carbocycles. The second kappa shape index (κ2) is 11.0. The normalized spacial score (nSPS) is 14.1. The van der Waals surface area contributed by atoms with Crippen LogP contribution in [0.25, 0.3) is 6.08 Å². The maximum atomic E-state index is 13.3. The molecule has 1 fully saturated rings. The van der Waals surface area contributed by atoms with Crippen LogP contribution in [0.15, 0.2) is 72.4 Å². The second-order valence-corrected chi connectivity index (χ2v) is 8.28. The van der Waals surface area contributed by atoms with Crippen LogP contribution in [0.2, 0.25) is 0 Å². The topological polar surface area (TPSA) is 79.9 Å². The van der Waals surface area contributed by atoms with Crippen LogP contribution in [0.4, 0.5) is 15.8 Å². The van der Waals surface area contributed by atoms with Gasteiger partial charge in [0, 0.05) is 5.69 Å². The van der Waals surface area contributed by atoms with Crippen molar-refractivity contribution in [1.29, 1.82) is 0 Å². The van der Waals surface area contributed by atoms with Crippen molar-refractivity contribution >= 4 is 46.6 Å². The maximum absolute atomic E-state index is 13.3. The van der Waals surface area contributed by atoms with Gasteiger partial charge in [0.2, 0.25) is 0 Å². The third-order valence-electron chi connectivity index (χ3n) is 5.32. The van der Waals surface area contributed by atoms with E-state index in [0.717, 1.165) is 11.3 Å². The zero-order valence-electron chi connectivity index (χ0n) is 19.7. The minimum Gasteiger partial charge on any atom is -0.490 e. The summed E-state index contributed by atoms with van der Waals surface area (Å²) in [6.45, 7) is 3.93. The van der Waals surface area contributed by atoms with Crippen molar-refractivity contribution in [3.05, 3.63) is 89.4 Å². The number of benzene rings is 3. The molecule has 1 aliphatic heterocycles. The zero-order valence-corrected chi connectivity index (χ0v) is 20.5. The van der Waals surface area contributed by atoms with Gasteiger partial charge >= 0.3 is 0 Å². The number of thiocarbonyl (C=S) groups is 1. The van der Waals surface area contributed by atoms with E-state index in [1.54, 1.807) is 24.3 Å². The van der Waals surface area contributed by atoms with Crippen LogP contribution in [0.5, 0.6) is 11.5 Å². The van der Waals surface area contributed by atoms with Crippen LogP contribution in [-0.2, 0) is 9.59 Å². The van der Waals surface area contributed by atoms with Gasteiger partial charge in [-0.2, -0.15) is 0 Å². The molecule has 1 heterocycles. The number of nitrogens with one attached hydrogen (secondary N) is 2. The van der Waals surface area contributed by atoms with Crippen molar-refractivity contribution in [2.75, 3.05) is 23.4 Å². The number of hydrogen-bond acceptors (Lipinski definition) is 5. The van der Waals surface area contributed by atoms with E-state index in [1.165, 1.54) is 29.2 Å². The molecule has 7 nitrogen and oxygen atoms in total. The number of aryl methyl sites for hydroxylation is 1. The molecule has 0 unspecified atom stereocenters. The number of carbonyl (C=O) groups is 2. The van der Waals surface area contributed by atoms with Crippen LogP contribution < -0.4 is 25.0 Å². The van der Waals surface area contributed by atoms with Gasteiger partial charge < -0.3 is 20.1 Å². The Balaban J connectivity index is 1.48. The van der Waals surface area contributed by atoms with Gasteiger partial charge in [0.15, 0.2) is 23.2 Å². The van der Waals surface area contributed by atoms with Crippen molar-refractivity contribution in [2.45, 2.75) is 13.8 Å². The lowest BCUT2D eigenvalue weighted by atomic mass is 10.1. The standard InChI is InChI=1S/C27H24FN3O4S/c1-3-34-24-15-18(8-13-23(24)35-16-25(32)29-21-7-5-4-6-17(21)2)14-22-26(33)31(27(36)30-22)20-11-9-19(28)10-12-20/h4-15H,3,16H2,1-2H3,(H,29,32)(H,30,36)/b22-14+. The van der Waals surface area contributed by atoms with Crippen LogP contribution >= 0.6 is 12.2 Å². The zero-order chi connectivity index (χ0) is 25.7. The van der Waals surface area contributed by atoms with Gasteiger partial charge in [-0.15, -0.1) is 0 Å². The highest BCUT2D eigenvalue weighted by atomic mass is 32.1. The highest BCUT2D eigenvalue weighted by Gasteiger charge is 2.32. The molecule has 184 valence electrons. The summed E-state index contributed by atoms with van der Waals surface area (Å²) in [4.78, 5) is 26.6. The number of ether oxygens (including phenoxy) is 2. The van der Waals surface area contributed by atoms with Crippen molar-refractivity contribution in [3.8, 4) is 11.5 Å². The average molecular weight is 506 g/mol. The summed E-state index contributed by atoms with van der Waals surface area (Å²) in [5, 5.41) is 5.92. The van der Waals surface area contributed by atoms with E-state index in [1.807, 2.05) is 38.1 Å². The number of amides is 2. The number of nitrogens with zero attached hydrogens (tertiary/aromatic N) is 1. The number of halogens is 1. The molecule has 0 spiro atoms. The van der Waals surface area contributed by atoms with Gasteiger partial charge in [-0.3, -0.25) is 14.5 Å². The Hall–Kier alpha value is -4.24.